The predicted molar refractivity (Wildman–Crippen MR) is 63.2 cm³/mol. The summed E-state index contributed by atoms with van der Waals surface area (Å²) in [7, 11) is 0. The molecular formula is C8H9Fe2N2O4S3. The largest absolute Gasteiger partial charge is 3.00 e. The molecule has 19 heavy (non-hydrogen) atoms. The van der Waals surface area contributed by atoms with Crippen LogP contribution < -0.4 is 0 Å². The SMILES string of the molecule is O.[C-]#N.[C-]#N.[C-]#[O+].[C-]#[O+].[C-]#[O+].[Fe+2].[Fe+3].[S-]CCC[S-].[SH-]. The molecular weight excluding hydrogens is 396 g/mol. The smallest absolute Gasteiger partial charge is 0.813 e. The molecule has 0 amide bonds. The van der Waals surface area contributed by atoms with Crippen molar-refractivity contribution in [1.29, 1.82) is 10.5 Å². The summed E-state index contributed by atoms with van der Waals surface area (Å²) in [5.74, 6) is 1.65. The molecule has 0 unspecified atom stereocenters. The van der Waals surface area contributed by atoms with Crippen LogP contribution in [0.2, 0.25) is 0 Å². The first-order valence-electron chi connectivity index (χ1n) is 2.64. The zero-order chi connectivity index (χ0) is 14.1. The summed E-state index contributed by atoms with van der Waals surface area (Å²) >= 11 is 9.17. The topological polar surface area (TPSA) is 139 Å². The fourth-order valence-corrected chi connectivity index (χ4v) is 0.530. The summed E-state index contributed by atoms with van der Waals surface area (Å²) in [6.45, 7) is 23.0. The van der Waals surface area contributed by atoms with Crippen LogP contribution in [-0.2, 0) is 86.8 Å². The van der Waals surface area contributed by atoms with Crippen molar-refractivity contribution in [1.82, 2.24) is 0 Å². The van der Waals surface area contributed by atoms with E-state index in [0.717, 1.165) is 17.9 Å². The van der Waals surface area contributed by atoms with Gasteiger partial charge in [-0.15, -0.1) is 0 Å². The number of nitrogens with zero attached hydrogens (tertiary/aromatic N) is 2. The normalized spacial score (nSPS) is 2.74. The van der Waals surface area contributed by atoms with E-state index in [4.69, 9.17) is 37.6 Å². The van der Waals surface area contributed by atoms with E-state index in [1.54, 1.807) is 0 Å². The molecule has 0 aromatic rings. The number of hydrogen-bond donors (Lipinski definition) is 0. The van der Waals surface area contributed by atoms with E-state index in [9.17, 15) is 0 Å². The van der Waals surface area contributed by atoms with E-state index in [1.165, 1.54) is 0 Å². The second-order valence-electron chi connectivity index (χ2n) is 0.762. The van der Waals surface area contributed by atoms with Crippen molar-refractivity contribution >= 4 is 38.8 Å². The minimum Gasteiger partial charge on any atom is -0.813 e. The van der Waals surface area contributed by atoms with E-state index in [1.807, 2.05) is 0 Å². The fourth-order valence-electron chi connectivity index (χ4n) is 0.0589. The summed E-state index contributed by atoms with van der Waals surface area (Å²) < 4.78 is 22.5. The second kappa shape index (κ2) is 514. The van der Waals surface area contributed by atoms with Crippen molar-refractivity contribution < 1.29 is 53.6 Å². The Morgan fingerprint density at radius 2 is 0.842 bits per heavy atom. The maximum Gasteiger partial charge on any atom is 3.00 e. The van der Waals surface area contributed by atoms with E-state index in [2.05, 4.69) is 45.2 Å². The molecule has 109 valence electrons. The Labute approximate surface area is 153 Å². The molecule has 2 N–H and O–H groups in total. The van der Waals surface area contributed by atoms with Crippen LogP contribution in [0, 0.1) is 43.6 Å². The standard InChI is InChI=1S/C3H8S2.2CN.3CO.2Fe.H2O.H2S/c4-2-1-3-5;5*1-2;;;;/h4-5H,1-3H2;;;;;;;;2*1H2/q;2*-1;;;;+2;+3;;/p-3. The quantitative estimate of drug-likeness (QED) is 0.200. The van der Waals surface area contributed by atoms with Gasteiger partial charge in [0, 0.05) is 0 Å². The first kappa shape index (κ1) is 74.9. The van der Waals surface area contributed by atoms with Gasteiger partial charge in [-0.25, -0.2) is 0 Å². The van der Waals surface area contributed by atoms with Crippen LogP contribution in [0.5, 0.6) is 0 Å². The van der Waals surface area contributed by atoms with Gasteiger partial charge < -0.3 is 67.9 Å². The third-order valence-electron chi connectivity index (χ3n) is 0.289. The first-order chi connectivity index (χ1) is 7.41. The van der Waals surface area contributed by atoms with Gasteiger partial charge >= 0.3 is 68.0 Å². The monoisotopic (exact) mass is 405 g/mol. The van der Waals surface area contributed by atoms with Crippen molar-refractivity contribution in [3.05, 3.63) is 33.1 Å². The minimum atomic E-state index is 0. The van der Waals surface area contributed by atoms with Gasteiger partial charge in [0.2, 0.25) is 0 Å². The van der Waals surface area contributed by atoms with Crippen LogP contribution in [0.1, 0.15) is 6.42 Å². The van der Waals surface area contributed by atoms with Gasteiger partial charge in [-0.3, -0.25) is 0 Å². The molecule has 6 nitrogen and oxygen atoms in total. The second-order valence-corrected chi connectivity index (χ2v) is 1.58. The van der Waals surface area contributed by atoms with Crippen LogP contribution in [0.3, 0.4) is 0 Å². The van der Waals surface area contributed by atoms with Gasteiger partial charge in [-0.2, -0.15) is 11.5 Å². The first-order valence-corrected chi connectivity index (χ1v) is 3.79. The van der Waals surface area contributed by atoms with Gasteiger partial charge in [0.15, 0.2) is 0 Å². The molecule has 0 aliphatic carbocycles. The van der Waals surface area contributed by atoms with Gasteiger partial charge in [0.1, 0.15) is 0 Å². The minimum absolute atomic E-state index is 0. The molecule has 0 aliphatic heterocycles. The molecule has 0 atom stereocenters. The van der Waals surface area contributed by atoms with Crippen molar-refractivity contribution in [3.63, 3.8) is 0 Å². The van der Waals surface area contributed by atoms with Crippen LogP contribution in [0.25, 0.3) is 0 Å². The zero-order valence-electron chi connectivity index (χ0n) is 9.21. The number of hydrogen-bond acceptors (Lipinski definition) is 5. The third kappa shape index (κ3) is 953. The molecule has 0 heterocycles. The summed E-state index contributed by atoms with van der Waals surface area (Å²) in [5.41, 5.74) is 0. The van der Waals surface area contributed by atoms with Crippen molar-refractivity contribution in [2.75, 3.05) is 11.5 Å². The molecule has 0 saturated carbocycles. The summed E-state index contributed by atoms with van der Waals surface area (Å²) in [5, 5.41) is 12.5. The van der Waals surface area contributed by atoms with Gasteiger partial charge in [0.05, 0.1) is 0 Å². The summed E-state index contributed by atoms with van der Waals surface area (Å²) in [6.07, 6.45) is 1.02. The van der Waals surface area contributed by atoms with Gasteiger partial charge in [0.25, 0.3) is 0 Å². The molecule has 0 spiro atoms. The number of rotatable bonds is 2. The van der Waals surface area contributed by atoms with Crippen molar-refractivity contribution in [2.24, 2.45) is 0 Å². The summed E-state index contributed by atoms with van der Waals surface area (Å²) in [4.78, 5) is 0. The van der Waals surface area contributed by atoms with Crippen LogP contribution in [0.4, 0.5) is 0 Å². The Hall–Kier alpha value is 0.249. The molecule has 1 radical (unpaired) electrons. The van der Waals surface area contributed by atoms with E-state index >= 15 is 0 Å². The average molecular weight is 405 g/mol. The molecule has 0 aromatic carbocycles. The molecule has 0 rings (SSSR count). The Bertz CT molecular complexity index is 129. The Balaban J connectivity index is -0.00000000652. The Morgan fingerprint density at radius 3 is 0.842 bits per heavy atom. The van der Waals surface area contributed by atoms with E-state index < -0.39 is 0 Å². The Morgan fingerprint density at radius 1 is 0.737 bits per heavy atom. The van der Waals surface area contributed by atoms with Gasteiger partial charge in [-0.1, -0.05) is 6.42 Å². The molecule has 0 saturated heterocycles. The predicted octanol–water partition coefficient (Wildman–Crippen LogP) is -0.549. The molecule has 0 aliphatic rings. The Kier molecular flexibility index (Phi) is 2030. The molecule has 11 heteroatoms. The van der Waals surface area contributed by atoms with Crippen LogP contribution in [0.15, 0.2) is 0 Å². The molecule has 0 fully saturated rings. The van der Waals surface area contributed by atoms with E-state index in [-0.39, 0.29) is 53.1 Å². The van der Waals surface area contributed by atoms with Gasteiger partial charge in [-0.05, 0) is 0 Å². The van der Waals surface area contributed by atoms with Crippen LogP contribution in [-0.4, -0.2) is 17.0 Å². The summed E-state index contributed by atoms with van der Waals surface area (Å²) in [6, 6.07) is 0. The van der Waals surface area contributed by atoms with Crippen LogP contribution >= 0.6 is 0 Å². The van der Waals surface area contributed by atoms with Crippen molar-refractivity contribution in [2.45, 2.75) is 6.42 Å². The zero-order valence-corrected chi connectivity index (χ0v) is 13.9. The van der Waals surface area contributed by atoms with Crippen molar-refractivity contribution in [3.8, 4) is 0 Å². The number of thiol groups is 1. The third-order valence-corrected chi connectivity index (χ3v) is 0.866. The van der Waals surface area contributed by atoms with E-state index in [0.29, 0.717) is 0 Å². The molecule has 0 bridgehead atoms. The fraction of sp³-hybridized carbons (Fsp3) is 0.375. The molecule has 0 aromatic heterocycles. The maximum absolute atomic E-state index is 7.50. The maximum atomic E-state index is 7.50. The average Bonchev–Trinajstić information content (AvgIpc) is 2.42.